The molecule has 1 heterocycles. The number of benzene rings is 2. The summed E-state index contributed by atoms with van der Waals surface area (Å²) in [5.41, 5.74) is 0.980. The second-order valence-corrected chi connectivity index (χ2v) is 5.44. The highest BCUT2D eigenvalue weighted by Gasteiger charge is 2.24. The number of methoxy groups -OCH3 is 1. The van der Waals surface area contributed by atoms with Crippen molar-refractivity contribution in [2.24, 2.45) is 0 Å². The molecule has 0 unspecified atom stereocenters. The van der Waals surface area contributed by atoms with Crippen molar-refractivity contribution in [2.75, 3.05) is 7.11 Å². The van der Waals surface area contributed by atoms with E-state index in [1.54, 1.807) is 48.5 Å². The summed E-state index contributed by atoms with van der Waals surface area (Å²) in [6.07, 6.45) is 0. The van der Waals surface area contributed by atoms with Gasteiger partial charge in [0.05, 0.1) is 7.11 Å². The number of nitrogens with one attached hydrogen (secondary N) is 1. The van der Waals surface area contributed by atoms with Crippen LogP contribution in [0.4, 0.5) is 0 Å². The summed E-state index contributed by atoms with van der Waals surface area (Å²) in [4.78, 5) is 40.6. The SMILES string of the molecule is COC(=O)c1[nH]c2ccccc2c(=O)c1C(=O)c1ccc(C)cc1. The van der Waals surface area contributed by atoms with Crippen LogP contribution < -0.4 is 5.43 Å². The van der Waals surface area contributed by atoms with Crippen molar-refractivity contribution in [3.05, 3.63) is 81.1 Å². The zero-order valence-corrected chi connectivity index (χ0v) is 13.3. The first-order chi connectivity index (χ1) is 11.5. The summed E-state index contributed by atoms with van der Waals surface area (Å²) in [5, 5.41) is 0.348. The van der Waals surface area contributed by atoms with E-state index in [1.165, 1.54) is 7.11 Å². The van der Waals surface area contributed by atoms with Crippen molar-refractivity contribution in [3.8, 4) is 0 Å². The van der Waals surface area contributed by atoms with Gasteiger partial charge in [0.1, 0.15) is 11.3 Å². The molecule has 0 atom stereocenters. The summed E-state index contributed by atoms with van der Waals surface area (Å²) in [7, 11) is 1.20. The highest BCUT2D eigenvalue weighted by atomic mass is 16.5. The molecule has 3 rings (SSSR count). The van der Waals surface area contributed by atoms with Gasteiger partial charge >= 0.3 is 5.97 Å². The second kappa shape index (κ2) is 6.12. The number of aryl methyl sites for hydroxylation is 1. The first-order valence-electron chi connectivity index (χ1n) is 7.37. The molecular formula is C19H15NO4. The molecule has 24 heavy (non-hydrogen) atoms. The molecule has 0 saturated heterocycles. The van der Waals surface area contributed by atoms with E-state index in [0.29, 0.717) is 16.5 Å². The highest BCUT2D eigenvalue weighted by Crippen LogP contribution is 2.16. The maximum atomic E-state index is 12.8. The first kappa shape index (κ1) is 15.7. The van der Waals surface area contributed by atoms with Crippen LogP contribution in [-0.4, -0.2) is 23.8 Å². The van der Waals surface area contributed by atoms with Crippen LogP contribution in [0.15, 0.2) is 53.3 Å². The van der Waals surface area contributed by atoms with Crippen molar-refractivity contribution < 1.29 is 14.3 Å². The monoisotopic (exact) mass is 321 g/mol. The van der Waals surface area contributed by atoms with Crippen molar-refractivity contribution >= 4 is 22.7 Å². The van der Waals surface area contributed by atoms with Gasteiger partial charge in [-0.1, -0.05) is 42.0 Å². The molecule has 120 valence electrons. The van der Waals surface area contributed by atoms with E-state index in [9.17, 15) is 14.4 Å². The number of rotatable bonds is 3. The van der Waals surface area contributed by atoms with Gasteiger partial charge in [0.25, 0.3) is 0 Å². The van der Waals surface area contributed by atoms with E-state index in [1.807, 2.05) is 6.92 Å². The largest absolute Gasteiger partial charge is 0.464 e. The van der Waals surface area contributed by atoms with Gasteiger partial charge in [0, 0.05) is 16.5 Å². The number of esters is 1. The third-order valence-electron chi connectivity index (χ3n) is 3.84. The van der Waals surface area contributed by atoms with Crippen LogP contribution in [0.5, 0.6) is 0 Å². The molecule has 0 fully saturated rings. The molecule has 5 nitrogen and oxygen atoms in total. The molecule has 1 aromatic heterocycles. The normalized spacial score (nSPS) is 10.6. The quantitative estimate of drug-likeness (QED) is 0.594. The lowest BCUT2D eigenvalue weighted by atomic mass is 9.98. The minimum atomic E-state index is -0.756. The molecule has 0 aliphatic carbocycles. The topological polar surface area (TPSA) is 76.2 Å². The predicted molar refractivity (Wildman–Crippen MR) is 90.5 cm³/mol. The van der Waals surface area contributed by atoms with Crippen LogP contribution in [-0.2, 0) is 4.74 Å². The molecule has 0 amide bonds. The summed E-state index contributed by atoms with van der Waals surface area (Å²) < 4.78 is 4.72. The molecule has 0 spiro atoms. The van der Waals surface area contributed by atoms with Crippen molar-refractivity contribution in [1.29, 1.82) is 0 Å². The predicted octanol–water partition coefficient (Wildman–Crippen LogP) is 2.85. The molecule has 0 aliphatic heterocycles. The highest BCUT2D eigenvalue weighted by molar-refractivity contribution is 6.15. The van der Waals surface area contributed by atoms with Gasteiger partial charge in [-0.2, -0.15) is 0 Å². The van der Waals surface area contributed by atoms with E-state index in [4.69, 9.17) is 4.74 Å². The molecule has 3 aromatic rings. The summed E-state index contributed by atoms with van der Waals surface area (Å²) >= 11 is 0. The smallest absolute Gasteiger partial charge is 0.355 e. The van der Waals surface area contributed by atoms with Gasteiger partial charge in [-0.05, 0) is 19.1 Å². The number of para-hydroxylation sites is 1. The van der Waals surface area contributed by atoms with Crippen molar-refractivity contribution in [1.82, 2.24) is 4.98 Å². The third kappa shape index (κ3) is 2.60. The minimum absolute atomic E-state index is 0.133. The second-order valence-electron chi connectivity index (χ2n) is 5.44. The fourth-order valence-electron chi connectivity index (χ4n) is 2.56. The number of fused-ring (bicyclic) bond motifs is 1. The van der Waals surface area contributed by atoms with Crippen LogP contribution in [0.1, 0.15) is 32.0 Å². The molecule has 0 bridgehead atoms. The first-order valence-corrected chi connectivity index (χ1v) is 7.37. The Kier molecular flexibility index (Phi) is 4.00. The fourth-order valence-corrected chi connectivity index (χ4v) is 2.56. The molecule has 5 heteroatoms. The van der Waals surface area contributed by atoms with Crippen molar-refractivity contribution in [2.45, 2.75) is 6.92 Å². The average Bonchev–Trinajstić information content (AvgIpc) is 2.61. The van der Waals surface area contributed by atoms with Crippen LogP contribution in [0.3, 0.4) is 0 Å². The van der Waals surface area contributed by atoms with E-state index in [-0.39, 0.29) is 11.3 Å². The number of ketones is 1. The minimum Gasteiger partial charge on any atom is -0.464 e. The van der Waals surface area contributed by atoms with E-state index in [2.05, 4.69) is 4.98 Å². The lowest BCUT2D eigenvalue weighted by molar-refractivity contribution is 0.0591. The molecule has 2 aromatic carbocycles. The van der Waals surface area contributed by atoms with Crippen LogP contribution >= 0.6 is 0 Å². The summed E-state index contributed by atoms with van der Waals surface area (Å²) in [5.74, 6) is -1.27. The van der Waals surface area contributed by atoms with E-state index in [0.717, 1.165) is 5.56 Å². The Balaban J connectivity index is 2.30. The average molecular weight is 321 g/mol. The van der Waals surface area contributed by atoms with E-state index >= 15 is 0 Å². The number of H-pyrrole nitrogens is 1. The van der Waals surface area contributed by atoms with Crippen molar-refractivity contribution in [3.63, 3.8) is 0 Å². The Morgan fingerprint density at radius 1 is 1.00 bits per heavy atom. The number of hydrogen-bond acceptors (Lipinski definition) is 4. The molecule has 0 saturated carbocycles. The Bertz CT molecular complexity index is 1000. The lowest BCUT2D eigenvalue weighted by Crippen LogP contribution is -2.24. The maximum absolute atomic E-state index is 12.8. The van der Waals surface area contributed by atoms with Gasteiger partial charge in [-0.25, -0.2) is 4.79 Å². The summed E-state index contributed by atoms with van der Waals surface area (Å²) in [6, 6.07) is 13.5. The standard InChI is InChI=1S/C19H15NO4/c1-11-7-9-12(10-8-11)17(21)15-16(19(23)24-2)20-14-6-4-3-5-13(14)18(15)22/h3-10H,1-2H3,(H,20,22). The van der Waals surface area contributed by atoms with Crippen LogP contribution in [0.25, 0.3) is 10.9 Å². The maximum Gasteiger partial charge on any atom is 0.355 e. The number of aromatic nitrogens is 1. The molecule has 0 aliphatic rings. The molecular weight excluding hydrogens is 306 g/mol. The Labute approximate surface area is 137 Å². The van der Waals surface area contributed by atoms with Gasteiger partial charge in [0.15, 0.2) is 5.78 Å². The number of carbonyl (C=O) groups is 2. The van der Waals surface area contributed by atoms with Gasteiger partial charge in [-0.15, -0.1) is 0 Å². The molecule has 0 radical (unpaired) electrons. The number of hydrogen-bond donors (Lipinski definition) is 1. The van der Waals surface area contributed by atoms with E-state index < -0.39 is 17.2 Å². The number of carbonyl (C=O) groups excluding carboxylic acids is 2. The van der Waals surface area contributed by atoms with Crippen LogP contribution in [0.2, 0.25) is 0 Å². The number of pyridine rings is 1. The zero-order chi connectivity index (χ0) is 17.3. The van der Waals surface area contributed by atoms with Crippen LogP contribution in [0, 0.1) is 6.92 Å². The Morgan fingerprint density at radius 3 is 2.33 bits per heavy atom. The Hall–Kier alpha value is -3.21. The van der Waals surface area contributed by atoms with Gasteiger partial charge in [0.2, 0.25) is 5.43 Å². The fraction of sp³-hybridized carbons (Fsp3) is 0.105. The number of aromatic amines is 1. The number of ether oxygens (including phenoxy) is 1. The van der Waals surface area contributed by atoms with Gasteiger partial charge in [-0.3, -0.25) is 9.59 Å². The summed E-state index contributed by atoms with van der Waals surface area (Å²) in [6.45, 7) is 1.90. The lowest BCUT2D eigenvalue weighted by Gasteiger charge is -2.09. The van der Waals surface area contributed by atoms with Gasteiger partial charge < -0.3 is 9.72 Å². The Morgan fingerprint density at radius 2 is 1.67 bits per heavy atom. The third-order valence-corrected chi connectivity index (χ3v) is 3.84. The molecule has 1 N–H and O–H groups in total. The zero-order valence-electron chi connectivity index (χ0n) is 13.3.